The summed E-state index contributed by atoms with van der Waals surface area (Å²) in [5.74, 6) is -19.0. The Morgan fingerprint density at radius 2 is 1.54 bits per heavy atom. The van der Waals surface area contributed by atoms with E-state index in [1.54, 1.807) is 4.90 Å². The Labute approximate surface area is 157 Å². The lowest BCUT2D eigenvalue weighted by molar-refractivity contribution is -0.902. The van der Waals surface area contributed by atoms with Crippen LogP contribution in [0.3, 0.4) is 0 Å². The molecular formula is C13H22F8N2O4S. The average molecular weight is 454 g/mol. The zero-order chi connectivity index (χ0) is 22.4. The van der Waals surface area contributed by atoms with Gasteiger partial charge < -0.3 is 9.45 Å². The number of hydrogen-bond acceptors (Lipinski definition) is 5. The summed E-state index contributed by atoms with van der Waals surface area (Å²) >= 11 is 0. The largest absolute Gasteiger partial charge is 0.726 e. The van der Waals surface area contributed by atoms with E-state index in [1.807, 2.05) is 0 Å². The van der Waals surface area contributed by atoms with Gasteiger partial charge >= 0.3 is 24.2 Å². The Morgan fingerprint density at radius 3 is 1.86 bits per heavy atom. The predicted molar refractivity (Wildman–Crippen MR) is 79.8 cm³/mol. The molecule has 1 fully saturated rings. The number of nitrogens with zero attached hydrogens (tertiary/aromatic N) is 1. The second-order valence-electron chi connectivity index (χ2n) is 5.91. The number of piperazine rings is 1. The molecule has 1 saturated heterocycles. The molecule has 1 heterocycles. The topological polar surface area (TPSA) is 74.1 Å². The van der Waals surface area contributed by atoms with Crippen LogP contribution in [-0.4, -0.2) is 87.9 Å². The maximum atomic E-state index is 12.5. The lowest BCUT2D eigenvalue weighted by Crippen LogP contribution is -3.14. The zero-order valence-corrected chi connectivity index (χ0v) is 15.9. The maximum Gasteiger partial charge on any atom is 0.380 e. The van der Waals surface area contributed by atoms with E-state index < -0.39 is 41.2 Å². The average Bonchev–Trinajstić information content (AvgIpc) is 2.59. The highest BCUT2D eigenvalue weighted by molar-refractivity contribution is 7.80. The molecule has 0 bridgehead atoms. The highest BCUT2D eigenvalue weighted by atomic mass is 32.3. The summed E-state index contributed by atoms with van der Waals surface area (Å²) in [6.45, 7) is 9.38. The standard InChI is InChI=1S/C8H18N2.C5H4F8O4S/c1-3-9-5-7-10(4-2)8-6-9;6-2(7)4(10,11)5(12,13)3(8,9)1-17-18(14,15)16/h3-8H2,1-2H3;2H,1H2,(H,14,15,16). The minimum atomic E-state index is -6.61. The molecule has 28 heavy (non-hydrogen) atoms. The van der Waals surface area contributed by atoms with Crippen molar-refractivity contribution in [2.24, 2.45) is 0 Å². The minimum Gasteiger partial charge on any atom is -0.726 e. The van der Waals surface area contributed by atoms with Crippen LogP contribution in [0.5, 0.6) is 0 Å². The molecule has 0 radical (unpaired) electrons. The number of rotatable bonds is 8. The van der Waals surface area contributed by atoms with Crippen LogP contribution < -0.4 is 4.90 Å². The van der Waals surface area contributed by atoms with Crippen molar-refractivity contribution < 1.29 is 57.2 Å². The molecule has 0 aliphatic carbocycles. The number of quaternary nitrogens is 1. The summed E-state index contributed by atoms with van der Waals surface area (Å²) in [4.78, 5) is 4.30. The van der Waals surface area contributed by atoms with Gasteiger partial charge in [-0.05, 0) is 13.5 Å². The Kier molecular flexibility index (Phi) is 10.0. The van der Waals surface area contributed by atoms with E-state index in [2.05, 4.69) is 22.9 Å². The molecule has 170 valence electrons. The molecule has 0 amide bonds. The third kappa shape index (κ3) is 7.57. The van der Waals surface area contributed by atoms with Gasteiger partial charge in [0.25, 0.3) is 0 Å². The molecule has 0 unspecified atom stereocenters. The Hall–Kier alpha value is -0.770. The minimum absolute atomic E-state index is 1.23. The van der Waals surface area contributed by atoms with Crippen LogP contribution in [0.1, 0.15) is 13.8 Å². The fourth-order valence-electron chi connectivity index (χ4n) is 2.16. The predicted octanol–water partition coefficient (Wildman–Crippen LogP) is 0.861. The van der Waals surface area contributed by atoms with Gasteiger partial charge in [-0.15, -0.1) is 0 Å². The fourth-order valence-corrected chi connectivity index (χ4v) is 2.45. The van der Waals surface area contributed by atoms with E-state index in [0.29, 0.717) is 0 Å². The smallest absolute Gasteiger partial charge is 0.380 e. The molecule has 0 aromatic rings. The van der Waals surface area contributed by atoms with Crippen molar-refractivity contribution >= 4 is 10.4 Å². The summed E-state index contributed by atoms with van der Waals surface area (Å²) in [7, 11) is -5.88. The van der Waals surface area contributed by atoms with Gasteiger partial charge in [-0.3, -0.25) is 9.08 Å². The van der Waals surface area contributed by atoms with Crippen molar-refractivity contribution in [2.45, 2.75) is 38.0 Å². The van der Waals surface area contributed by atoms with Crippen LogP contribution in [0, 0.1) is 0 Å². The van der Waals surface area contributed by atoms with Crippen molar-refractivity contribution in [2.75, 3.05) is 45.9 Å². The number of alkyl halides is 8. The maximum absolute atomic E-state index is 12.5. The number of halogens is 8. The van der Waals surface area contributed by atoms with Gasteiger partial charge in [0.1, 0.15) is 6.61 Å². The molecule has 1 aliphatic heterocycles. The van der Waals surface area contributed by atoms with Crippen molar-refractivity contribution in [3.63, 3.8) is 0 Å². The van der Waals surface area contributed by atoms with Crippen LogP contribution in [0.15, 0.2) is 0 Å². The van der Waals surface area contributed by atoms with Gasteiger partial charge in [-0.1, -0.05) is 6.92 Å². The van der Waals surface area contributed by atoms with E-state index in [1.165, 1.54) is 39.3 Å². The van der Waals surface area contributed by atoms with E-state index in [0.717, 1.165) is 0 Å². The van der Waals surface area contributed by atoms with Crippen LogP contribution in [0.25, 0.3) is 0 Å². The van der Waals surface area contributed by atoms with Gasteiger partial charge in [0.15, 0.2) is 0 Å². The summed E-state index contributed by atoms with van der Waals surface area (Å²) in [5.41, 5.74) is 0. The molecular weight excluding hydrogens is 432 g/mol. The first-order valence-corrected chi connectivity index (χ1v) is 9.42. The molecule has 0 aromatic heterocycles. The second-order valence-corrected chi connectivity index (χ2v) is 6.96. The Bertz CT molecular complexity index is 557. The van der Waals surface area contributed by atoms with Crippen molar-refractivity contribution in [1.82, 2.24) is 4.90 Å². The summed E-state index contributed by atoms with van der Waals surface area (Å²) in [6, 6.07) is 0. The molecule has 1 N–H and O–H groups in total. The van der Waals surface area contributed by atoms with E-state index >= 15 is 0 Å². The summed E-state index contributed by atoms with van der Waals surface area (Å²) in [5, 5.41) is 0. The molecule has 6 nitrogen and oxygen atoms in total. The molecule has 15 heteroatoms. The first-order valence-electron chi connectivity index (χ1n) is 8.09. The SMILES string of the molecule is CCN1CC[NH+](CC)CC1.O=S(=O)([O-])OCC(F)(F)C(F)(F)C(F)(F)C(F)F. The second kappa shape index (κ2) is 10.3. The van der Waals surface area contributed by atoms with Crippen LogP contribution >= 0.6 is 0 Å². The van der Waals surface area contributed by atoms with Gasteiger partial charge in [0.2, 0.25) is 10.4 Å². The van der Waals surface area contributed by atoms with Crippen LogP contribution in [0.2, 0.25) is 0 Å². The number of likely N-dealkylation sites (N-methyl/N-ethyl adjacent to an activating group) is 2. The van der Waals surface area contributed by atoms with Gasteiger partial charge in [-0.2, -0.15) is 26.3 Å². The van der Waals surface area contributed by atoms with E-state index in [-0.39, 0.29) is 0 Å². The number of nitrogens with one attached hydrogen (secondary N) is 1. The normalized spacial score (nSPS) is 18.1. The monoisotopic (exact) mass is 454 g/mol. The molecule has 1 rings (SSSR count). The van der Waals surface area contributed by atoms with Crippen molar-refractivity contribution in [3.05, 3.63) is 0 Å². The van der Waals surface area contributed by atoms with Crippen molar-refractivity contribution in [3.8, 4) is 0 Å². The lowest BCUT2D eigenvalue weighted by Gasteiger charge is -2.31. The van der Waals surface area contributed by atoms with E-state index in [4.69, 9.17) is 0 Å². The highest BCUT2D eigenvalue weighted by Crippen LogP contribution is 2.48. The quantitative estimate of drug-likeness (QED) is 0.335. The Morgan fingerprint density at radius 1 is 1.07 bits per heavy atom. The van der Waals surface area contributed by atoms with Crippen LogP contribution in [0.4, 0.5) is 35.1 Å². The van der Waals surface area contributed by atoms with Crippen LogP contribution in [-0.2, 0) is 14.6 Å². The fraction of sp³-hybridized carbons (Fsp3) is 1.00. The van der Waals surface area contributed by atoms with Gasteiger partial charge in [0.05, 0.1) is 19.6 Å². The molecule has 0 saturated carbocycles. The summed E-state index contributed by atoms with van der Waals surface area (Å²) in [6.07, 6.45) is -5.14. The third-order valence-corrected chi connectivity index (χ3v) is 4.45. The van der Waals surface area contributed by atoms with Gasteiger partial charge in [-0.25, -0.2) is 17.2 Å². The first kappa shape index (κ1) is 27.2. The van der Waals surface area contributed by atoms with Gasteiger partial charge in [0, 0.05) is 13.1 Å². The number of hydrogen-bond donors (Lipinski definition) is 1. The lowest BCUT2D eigenvalue weighted by atomic mass is 10.1. The molecule has 0 aromatic carbocycles. The first-order chi connectivity index (χ1) is 12.5. The van der Waals surface area contributed by atoms with Crippen molar-refractivity contribution in [1.29, 1.82) is 0 Å². The third-order valence-electron chi connectivity index (χ3n) is 4.05. The van der Waals surface area contributed by atoms with E-state index in [9.17, 15) is 48.1 Å². The molecule has 0 spiro atoms. The molecule has 0 atom stereocenters. The highest BCUT2D eigenvalue weighted by Gasteiger charge is 2.75. The molecule has 1 aliphatic rings. The summed E-state index contributed by atoms with van der Waals surface area (Å²) < 4.78 is 129. The Balaban J connectivity index is 0.000000609. The zero-order valence-electron chi connectivity index (χ0n) is 15.0.